The molecule has 0 unspecified atom stereocenters. The highest BCUT2D eigenvalue weighted by atomic mass is 15.1. The zero-order valence-corrected chi connectivity index (χ0v) is 24.9. The number of allylic oxidation sites excluding steroid dienone is 8. The fourth-order valence-corrected chi connectivity index (χ4v) is 5.09. The van der Waals surface area contributed by atoms with Gasteiger partial charge in [-0.05, 0) is 40.5 Å². The third-order valence-electron chi connectivity index (χ3n) is 7.20. The van der Waals surface area contributed by atoms with E-state index < -0.39 is 0 Å². The van der Waals surface area contributed by atoms with Crippen LogP contribution in [-0.4, -0.2) is 11.9 Å². The molecule has 1 aromatic heterocycles. The largest absolute Gasteiger partial charge is 0.348 e. The van der Waals surface area contributed by atoms with Crippen molar-refractivity contribution in [1.82, 2.24) is 4.90 Å². The van der Waals surface area contributed by atoms with E-state index >= 15 is 0 Å². The van der Waals surface area contributed by atoms with Crippen molar-refractivity contribution < 1.29 is 4.57 Å². The Hall–Kier alpha value is -3.91. The monoisotopic (exact) mass is 515 g/mol. The molecule has 0 amide bonds. The molecular formula is C37H43N2+. The molecule has 0 fully saturated rings. The van der Waals surface area contributed by atoms with Crippen LogP contribution in [0.15, 0.2) is 121 Å². The molecule has 2 heteroatoms. The van der Waals surface area contributed by atoms with Crippen LogP contribution in [0.1, 0.15) is 58.5 Å². The molecule has 0 aliphatic carbocycles. The summed E-state index contributed by atoms with van der Waals surface area (Å²) in [6.45, 7) is 13.6. The van der Waals surface area contributed by atoms with Crippen molar-refractivity contribution in [1.29, 1.82) is 0 Å². The molecule has 0 radical (unpaired) electrons. The molecule has 2 heterocycles. The van der Waals surface area contributed by atoms with Gasteiger partial charge in [-0.2, -0.15) is 4.57 Å². The minimum atomic E-state index is 0.0367. The predicted molar refractivity (Wildman–Crippen MR) is 168 cm³/mol. The summed E-state index contributed by atoms with van der Waals surface area (Å²) in [6, 6.07) is 25.9. The summed E-state index contributed by atoms with van der Waals surface area (Å²) < 4.78 is 2.30. The molecule has 0 saturated heterocycles. The zero-order valence-electron chi connectivity index (χ0n) is 24.9. The van der Waals surface area contributed by atoms with Gasteiger partial charge >= 0.3 is 0 Å². The van der Waals surface area contributed by atoms with Crippen LogP contribution >= 0.6 is 0 Å². The summed E-state index contributed by atoms with van der Waals surface area (Å²) in [5.41, 5.74) is 10.0. The van der Waals surface area contributed by atoms with Gasteiger partial charge < -0.3 is 4.90 Å². The molecule has 1 aliphatic heterocycles. The second kappa shape index (κ2) is 11.5. The Kier molecular flexibility index (Phi) is 8.25. The highest BCUT2D eigenvalue weighted by Gasteiger charge is 2.27. The number of benzene rings is 2. The van der Waals surface area contributed by atoms with Crippen LogP contribution < -0.4 is 4.57 Å². The molecule has 1 aliphatic rings. The summed E-state index contributed by atoms with van der Waals surface area (Å²) in [4.78, 5) is 2.30. The number of rotatable bonds is 5. The Balaban J connectivity index is 1.65. The van der Waals surface area contributed by atoms with E-state index in [4.69, 9.17) is 0 Å². The van der Waals surface area contributed by atoms with E-state index in [1.54, 1.807) is 0 Å². The highest BCUT2D eigenvalue weighted by molar-refractivity contribution is 5.78. The van der Waals surface area contributed by atoms with Gasteiger partial charge in [-0.1, -0.05) is 120 Å². The van der Waals surface area contributed by atoms with Crippen molar-refractivity contribution in [3.05, 3.63) is 138 Å². The minimum Gasteiger partial charge on any atom is -0.348 e. The number of likely N-dealkylation sites (N-methyl/N-ethyl adjacent to an activating group) is 1. The van der Waals surface area contributed by atoms with Crippen LogP contribution in [0.5, 0.6) is 0 Å². The van der Waals surface area contributed by atoms with Gasteiger partial charge in [0, 0.05) is 47.5 Å². The van der Waals surface area contributed by atoms with Crippen LogP contribution in [0, 0.1) is 5.41 Å². The molecule has 0 bridgehead atoms. The lowest BCUT2D eigenvalue weighted by molar-refractivity contribution is -0.684. The Morgan fingerprint density at radius 1 is 0.667 bits per heavy atom. The SMILES string of the molecule is CN1C(C(C)(C)C)=CC(c2ccccc2)=C/C1=C/C=C/C=C/c1cc(-c2ccccc2)cc(C(C)(C)C)[n+]1C. The van der Waals surface area contributed by atoms with Crippen molar-refractivity contribution in [2.45, 2.75) is 47.0 Å². The van der Waals surface area contributed by atoms with E-state index in [0.717, 1.165) is 0 Å². The predicted octanol–water partition coefficient (Wildman–Crippen LogP) is 8.89. The molecule has 0 saturated carbocycles. The molecule has 200 valence electrons. The van der Waals surface area contributed by atoms with Crippen LogP contribution in [0.2, 0.25) is 0 Å². The molecule has 2 nitrogen and oxygen atoms in total. The highest BCUT2D eigenvalue weighted by Crippen LogP contribution is 2.37. The molecule has 4 rings (SSSR count). The topological polar surface area (TPSA) is 7.12 Å². The first kappa shape index (κ1) is 28.1. The molecule has 39 heavy (non-hydrogen) atoms. The van der Waals surface area contributed by atoms with Crippen LogP contribution in [0.4, 0.5) is 0 Å². The van der Waals surface area contributed by atoms with Gasteiger partial charge in [-0.15, -0.1) is 0 Å². The van der Waals surface area contributed by atoms with Gasteiger partial charge in [0.15, 0.2) is 5.69 Å². The summed E-state index contributed by atoms with van der Waals surface area (Å²) in [7, 11) is 4.32. The molecule has 0 N–H and O–H groups in total. The average molecular weight is 516 g/mol. The van der Waals surface area contributed by atoms with Gasteiger partial charge in [-0.3, -0.25) is 0 Å². The second-order valence-electron chi connectivity index (χ2n) is 12.4. The minimum absolute atomic E-state index is 0.0367. The van der Waals surface area contributed by atoms with Crippen LogP contribution in [0.3, 0.4) is 0 Å². The van der Waals surface area contributed by atoms with Crippen molar-refractivity contribution in [3.8, 4) is 11.1 Å². The number of hydrogen-bond donors (Lipinski definition) is 0. The first-order valence-corrected chi connectivity index (χ1v) is 13.8. The lowest BCUT2D eigenvalue weighted by Gasteiger charge is -2.36. The first-order valence-electron chi connectivity index (χ1n) is 13.8. The maximum atomic E-state index is 2.32. The maximum Gasteiger partial charge on any atom is 0.205 e. The molecule has 0 spiro atoms. The fraction of sp³-hybridized carbons (Fsp3) is 0.270. The molecule has 3 aromatic rings. The van der Waals surface area contributed by atoms with Crippen LogP contribution in [-0.2, 0) is 12.5 Å². The quantitative estimate of drug-likeness (QED) is 0.243. The van der Waals surface area contributed by atoms with Gasteiger partial charge in [0.05, 0.1) is 0 Å². The molecular weight excluding hydrogens is 472 g/mol. The lowest BCUT2D eigenvalue weighted by atomic mass is 9.86. The summed E-state index contributed by atoms with van der Waals surface area (Å²) in [5, 5.41) is 0. The standard InChI is InChI=1S/C37H43N2/c1-36(2,3)34-26-30(28-18-12-9-13-19-28)24-32(38(34)7)22-16-11-17-23-33-25-31(29-20-14-10-15-21-29)27-35(39(33)8)37(4,5)6/h9-27H,1-8H3/q+1. The van der Waals surface area contributed by atoms with Crippen molar-refractivity contribution >= 4 is 11.6 Å². The summed E-state index contributed by atoms with van der Waals surface area (Å²) in [5.74, 6) is 0. The van der Waals surface area contributed by atoms with E-state index in [1.807, 2.05) is 0 Å². The van der Waals surface area contributed by atoms with E-state index in [-0.39, 0.29) is 10.8 Å². The molecule has 0 atom stereocenters. The van der Waals surface area contributed by atoms with Crippen molar-refractivity contribution in [2.24, 2.45) is 12.5 Å². The Morgan fingerprint density at radius 2 is 1.28 bits per heavy atom. The third-order valence-corrected chi connectivity index (χ3v) is 7.20. The summed E-state index contributed by atoms with van der Waals surface area (Å²) >= 11 is 0. The third kappa shape index (κ3) is 6.75. The number of hydrogen-bond acceptors (Lipinski definition) is 1. The smallest absolute Gasteiger partial charge is 0.205 e. The number of aromatic nitrogens is 1. The van der Waals surface area contributed by atoms with E-state index in [2.05, 4.69) is 180 Å². The van der Waals surface area contributed by atoms with Gasteiger partial charge in [-0.25, -0.2) is 0 Å². The van der Waals surface area contributed by atoms with E-state index in [0.29, 0.717) is 0 Å². The Labute approximate surface area is 236 Å². The normalized spacial score (nSPS) is 15.8. The van der Waals surface area contributed by atoms with E-state index in [1.165, 1.54) is 45.0 Å². The van der Waals surface area contributed by atoms with Crippen LogP contribution in [0.25, 0.3) is 22.8 Å². The Morgan fingerprint density at radius 3 is 1.87 bits per heavy atom. The average Bonchev–Trinajstić information content (AvgIpc) is 2.90. The fourth-order valence-electron chi connectivity index (χ4n) is 5.09. The first-order chi connectivity index (χ1) is 18.4. The van der Waals surface area contributed by atoms with E-state index in [9.17, 15) is 0 Å². The van der Waals surface area contributed by atoms with Gasteiger partial charge in [0.25, 0.3) is 0 Å². The number of pyridine rings is 1. The maximum absolute atomic E-state index is 2.32. The zero-order chi connectivity index (χ0) is 28.2. The van der Waals surface area contributed by atoms with Gasteiger partial charge in [0.2, 0.25) is 5.69 Å². The number of nitrogens with zero attached hydrogens (tertiary/aromatic N) is 2. The van der Waals surface area contributed by atoms with Crippen molar-refractivity contribution in [2.75, 3.05) is 7.05 Å². The van der Waals surface area contributed by atoms with Crippen molar-refractivity contribution in [3.63, 3.8) is 0 Å². The second-order valence-corrected chi connectivity index (χ2v) is 12.4. The molecule has 2 aromatic carbocycles. The lowest BCUT2D eigenvalue weighted by Crippen LogP contribution is -2.42. The van der Waals surface area contributed by atoms with Gasteiger partial charge in [0.1, 0.15) is 7.05 Å². The summed E-state index contributed by atoms with van der Waals surface area (Å²) in [6.07, 6.45) is 15.4. The Bertz CT molecular complexity index is 1450.